The van der Waals surface area contributed by atoms with Crippen molar-refractivity contribution in [1.82, 2.24) is 0 Å². The monoisotopic (exact) mass is 248 g/mol. The Morgan fingerprint density at radius 3 is 2.73 bits per heavy atom. The van der Waals surface area contributed by atoms with Crippen molar-refractivity contribution in [3.05, 3.63) is 0 Å². The fourth-order valence-electron chi connectivity index (χ4n) is 1.29. The first-order chi connectivity index (χ1) is 7.24. The molecule has 86 valence electrons. The van der Waals surface area contributed by atoms with E-state index in [0.29, 0.717) is 13.0 Å². The van der Waals surface area contributed by atoms with Crippen LogP contribution >= 0.6 is 23.5 Å². The Hall–Kier alpha value is -0.160. The normalized spacial score (nSPS) is 21.0. The van der Waals surface area contributed by atoms with Crippen molar-refractivity contribution in [3.63, 3.8) is 0 Å². The van der Waals surface area contributed by atoms with Crippen LogP contribution in [0.3, 0.4) is 0 Å². The van der Waals surface area contributed by atoms with Gasteiger partial charge in [0.2, 0.25) is 0 Å². The van der Waals surface area contributed by atoms with Crippen LogP contribution in [0.15, 0.2) is 0 Å². The van der Waals surface area contributed by atoms with Gasteiger partial charge in [-0.2, -0.15) is 11.8 Å². The number of ketones is 1. The lowest BCUT2D eigenvalue weighted by molar-refractivity contribution is -0.144. The topological polar surface area (TPSA) is 43.4 Å². The Morgan fingerprint density at radius 2 is 2.13 bits per heavy atom. The van der Waals surface area contributed by atoms with Gasteiger partial charge in [0, 0.05) is 23.7 Å². The summed E-state index contributed by atoms with van der Waals surface area (Å²) in [6, 6.07) is 0. The summed E-state index contributed by atoms with van der Waals surface area (Å²) in [5.41, 5.74) is 0. The standard InChI is InChI=1S/C10H16O3S2/c1-2-13-10(12)4-3-8(11)9-7-14-5-6-15-9/h9H,2-7H2,1H3. The highest BCUT2D eigenvalue weighted by molar-refractivity contribution is 8.07. The molecule has 1 heterocycles. The van der Waals surface area contributed by atoms with E-state index in [-0.39, 0.29) is 23.4 Å². The first kappa shape index (κ1) is 12.9. The SMILES string of the molecule is CCOC(=O)CCC(=O)C1CSCCS1. The van der Waals surface area contributed by atoms with Crippen molar-refractivity contribution in [2.24, 2.45) is 0 Å². The van der Waals surface area contributed by atoms with Crippen molar-refractivity contribution in [2.75, 3.05) is 23.9 Å². The van der Waals surface area contributed by atoms with Crippen LogP contribution in [0.5, 0.6) is 0 Å². The second-order valence-corrected chi connectivity index (χ2v) is 5.67. The molecule has 0 N–H and O–H groups in total. The molecule has 1 aliphatic heterocycles. The van der Waals surface area contributed by atoms with Gasteiger partial charge >= 0.3 is 5.97 Å². The molecule has 3 nitrogen and oxygen atoms in total. The number of carbonyl (C=O) groups is 2. The van der Waals surface area contributed by atoms with E-state index in [1.54, 1.807) is 18.7 Å². The Bertz CT molecular complexity index is 225. The third-order valence-corrected chi connectivity index (χ3v) is 4.86. The van der Waals surface area contributed by atoms with Crippen LogP contribution in [-0.4, -0.2) is 40.9 Å². The zero-order valence-corrected chi connectivity index (χ0v) is 10.5. The lowest BCUT2D eigenvalue weighted by Gasteiger charge is -2.19. The van der Waals surface area contributed by atoms with Crippen LogP contribution in [0.2, 0.25) is 0 Å². The molecule has 0 radical (unpaired) electrons. The van der Waals surface area contributed by atoms with E-state index in [9.17, 15) is 9.59 Å². The van der Waals surface area contributed by atoms with Gasteiger partial charge in [0.1, 0.15) is 5.78 Å². The van der Waals surface area contributed by atoms with E-state index in [0.717, 1.165) is 17.3 Å². The first-order valence-electron chi connectivity index (χ1n) is 5.11. The molecule has 0 aromatic rings. The van der Waals surface area contributed by atoms with Gasteiger partial charge in [-0.05, 0) is 6.92 Å². The number of esters is 1. The minimum absolute atomic E-state index is 0.0955. The van der Waals surface area contributed by atoms with Gasteiger partial charge in [0.05, 0.1) is 18.3 Å². The van der Waals surface area contributed by atoms with E-state index >= 15 is 0 Å². The summed E-state index contributed by atoms with van der Waals surface area (Å²) >= 11 is 3.53. The molecule has 0 aromatic carbocycles. The average Bonchev–Trinajstić information content (AvgIpc) is 2.27. The van der Waals surface area contributed by atoms with E-state index in [2.05, 4.69) is 0 Å². The molecule has 1 aliphatic rings. The number of rotatable bonds is 5. The number of ether oxygens (including phenoxy) is 1. The van der Waals surface area contributed by atoms with E-state index < -0.39 is 0 Å². The molecule has 0 aromatic heterocycles. The Morgan fingerprint density at radius 1 is 1.33 bits per heavy atom. The highest BCUT2D eigenvalue weighted by atomic mass is 32.2. The zero-order valence-electron chi connectivity index (χ0n) is 8.86. The predicted molar refractivity (Wildman–Crippen MR) is 64.4 cm³/mol. The fourth-order valence-corrected chi connectivity index (χ4v) is 3.98. The Labute approximate surface area is 98.7 Å². The summed E-state index contributed by atoms with van der Waals surface area (Å²) in [5.74, 6) is 3.00. The van der Waals surface area contributed by atoms with Gasteiger partial charge in [-0.15, -0.1) is 11.8 Å². The van der Waals surface area contributed by atoms with Crippen LogP contribution < -0.4 is 0 Å². The van der Waals surface area contributed by atoms with E-state index in [1.807, 2.05) is 11.8 Å². The van der Waals surface area contributed by atoms with Gasteiger partial charge in [-0.1, -0.05) is 0 Å². The molecule has 1 atom stereocenters. The van der Waals surface area contributed by atoms with Gasteiger partial charge in [-0.25, -0.2) is 0 Å². The van der Waals surface area contributed by atoms with Crippen molar-refractivity contribution >= 4 is 35.3 Å². The van der Waals surface area contributed by atoms with Crippen molar-refractivity contribution < 1.29 is 14.3 Å². The number of Topliss-reactive ketones (excluding diaryl/α,β-unsaturated/α-hetero) is 1. The highest BCUT2D eigenvalue weighted by Gasteiger charge is 2.22. The van der Waals surface area contributed by atoms with Crippen LogP contribution in [-0.2, 0) is 14.3 Å². The maximum Gasteiger partial charge on any atom is 0.306 e. The van der Waals surface area contributed by atoms with E-state index in [4.69, 9.17) is 4.74 Å². The molecular weight excluding hydrogens is 232 g/mol. The summed E-state index contributed by atoms with van der Waals surface area (Å²) in [5, 5.41) is 0.0955. The molecule has 15 heavy (non-hydrogen) atoms. The maximum absolute atomic E-state index is 11.7. The molecule has 1 rings (SSSR count). The summed E-state index contributed by atoms with van der Waals surface area (Å²) < 4.78 is 4.78. The van der Waals surface area contributed by atoms with Crippen molar-refractivity contribution in [3.8, 4) is 0 Å². The lowest BCUT2D eigenvalue weighted by atomic mass is 10.2. The molecule has 0 saturated carbocycles. The van der Waals surface area contributed by atoms with Gasteiger partial charge in [0.25, 0.3) is 0 Å². The Kier molecular flexibility index (Phi) is 6.17. The van der Waals surface area contributed by atoms with Crippen molar-refractivity contribution in [1.29, 1.82) is 0 Å². The largest absolute Gasteiger partial charge is 0.466 e. The molecule has 0 aliphatic carbocycles. The van der Waals surface area contributed by atoms with Crippen LogP contribution in [0.1, 0.15) is 19.8 Å². The van der Waals surface area contributed by atoms with Crippen LogP contribution in [0, 0.1) is 0 Å². The fraction of sp³-hybridized carbons (Fsp3) is 0.800. The van der Waals surface area contributed by atoms with Crippen LogP contribution in [0.4, 0.5) is 0 Å². The molecule has 0 bridgehead atoms. The second-order valence-electron chi connectivity index (χ2n) is 3.21. The maximum atomic E-state index is 11.7. The number of hydrogen-bond donors (Lipinski definition) is 0. The molecule has 1 fully saturated rings. The summed E-state index contributed by atoms with van der Waals surface area (Å²) in [4.78, 5) is 22.7. The molecule has 5 heteroatoms. The molecule has 1 unspecified atom stereocenters. The third-order valence-electron chi connectivity index (χ3n) is 2.06. The number of thioether (sulfide) groups is 2. The quantitative estimate of drug-likeness (QED) is 0.693. The minimum atomic E-state index is -0.265. The zero-order chi connectivity index (χ0) is 11.1. The van der Waals surface area contributed by atoms with Gasteiger partial charge in [0.15, 0.2) is 0 Å². The molecular formula is C10H16O3S2. The van der Waals surface area contributed by atoms with Gasteiger partial charge in [-0.3, -0.25) is 9.59 Å². The Balaban J connectivity index is 2.19. The highest BCUT2D eigenvalue weighted by Crippen LogP contribution is 2.25. The lowest BCUT2D eigenvalue weighted by Crippen LogP contribution is -2.24. The third kappa shape index (κ3) is 4.93. The van der Waals surface area contributed by atoms with Crippen molar-refractivity contribution in [2.45, 2.75) is 25.0 Å². The predicted octanol–water partition coefficient (Wildman–Crippen LogP) is 1.75. The minimum Gasteiger partial charge on any atom is -0.466 e. The summed E-state index contributed by atoms with van der Waals surface area (Å²) in [6.07, 6.45) is 0.561. The average molecular weight is 248 g/mol. The molecule has 0 amide bonds. The second kappa shape index (κ2) is 7.17. The first-order valence-corrected chi connectivity index (χ1v) is 7.32. The smallest absolute Gasteiger partial charge is 0.306 e. The summed E-state index contributed by atoms with van der Waals surface area (Å²) in [7, 11) is 0. The van der Waals surface area contributed by atoms with Crippen LogP contribution in [0.25, 0.3) is 0 Å². The van der Waals surface area contributed by atoms with Gasteiger partial charge < -0.3 is 4.74 Å². The molecule has 1 saturated heterocycles. The number of carbonyl (C=O) groups excluding carboxylic acids is 2. The molecule has 0 spiro atoms. The summed E-state index contributed by atoms with van der Waals surface area (Å²) in [6.45, 7) is 2.16. The van der Waals surface area contributed by atoms with E-state index in [1.165, 1.54) is 0 Å². The number of hydrogen-bond acceptors (Lipinski definition) is 5.